The molecule has 1 aliphatic rings. The van der Waals surface area contributed by atoms with E-state index in [1.54, 1.807) is 0 Å². The average molecular weight is 452 g/mol. The Bertz CT molecular complexity index is 956. The van der Waals surface area contributed by atoms with Gasteiger partial charge in [-0.05, 0) is 41.8 Å². The molecule has 3 atom stereocenters. The second-order valence-electron chi connectivity index (χ2n) is 7.49. The number of fused-ring (bicyclic) bond motifs is 1. The number of aliphatic hydroxyl groups is 1. The molecule has 1 heterocycles. The molecule has 2 aromatic rings. The standard InChI is InChI=1S/C22H24ClF2N3O3/c1-2-3-15(29)11-27-22(31)20-19(12-4-6-14(24)7-5-12)21(30)28-18-9-16(23)17(25)8-13(18)10-26-20/h4-9,15,19-20,26,29H,2-3,10-11H2,1H3,(H,27,31)(H,28,30)/t15?,19?,20-/m1/s1. The Labute approximate surface area is 184 Å². The number of nitrogens with one attached hydrogen (secondary N) is 3. The zero-order valence-corrected chi connectivity index (χ0v) is 17.7. The van der Waals surface area contributed by atoms with Gasteiger partial charge in [0.15, 0.2) is 0 Å². The van der Waals surface area contributed by atoms with Crippen LogP contribution in [0.15, 0.2) is 36.4 Å². The Morgan fingerprint density at radius 3 is 2.68 bits per heavy atom. The molecule has 0 bridgehead atoms. The van der Waals surface area contributed by atoms with E-state index in [-0.39, 0.29) is 18.1 Å². The lowest BCUT2D eigenvalue weighted by Gasteiger charge is -2.30. The van der Waals surface area contributed by atoms with Crippen LogP contribution in [0.1, 0.15) is 36.8 Å². The second-order valence-corrected chi connectivity index (χ2v) is 7.90. The van der Waals surface area contributed by atoms with E-state index in [4.69, 9.17) is 11.6 Å². The topological polar surface area (TPSA) is 90.5 Å². The summed E-state index contributed by atoms with van der Waals surface area (Å²) in [6.45, 7) is 2.03. The molecule has 0 aromatic heterocycles. The fourth-order valence-electron chi connectivity index (χ4n) is 3.57. The van der Waals surface area contributed by atoms with Gasteiger partial charge in [-0.15, -0.1) is 0 Å². The first-order chi connectivity index (χ1) is 14.8. The van der Waals surface area contributed by atoms with E-state index in [2.05, 4.69) is 16.0 Å². The van der Waals surface area contributed by atoms with Gasteiger partial charge in [0.05, 0.1) is 17.0 Å². The van der Waals surface area contributed by atoms with Gasteiger partial charge in [-0.1, -0.05) is 37.1 Å². The molecule has 0 fully saturated rings. The van der Waals surface area contributed by atoms with E-state index in [1.165, 1.54) is 36.4 Å². The van der Waals surface area contributed by atoms with E-state index in [0.717, 1.165) is 6.42 Å². The molecule has 4 N–H and O–H groups in total. The molecule has 0 saturated heterocycles. The second kappa shape index (κ2) is 10.2. The minimum atomic E-state index is -1.04. The Hall–Kier alpha value is -2.55. The molecule has 9 heteroatoms. The van der Waals surface area contributed by atoms with E-state index in [0.29, 0.717) is 23.2 Å². The molecular formula is C22H24ClF2N3O3. The Kier molecular flexibility index (Phi) is 7.59. The first-order valence-electron chi connectivity index (χ1n) is 10.0. The predicted octanol–water partition coefficient (Wildman–Crippen LogP) is 3.09. The van der Waals surface area contributed by atoms with Crippen LogP contribution < -0.4 is 16.0 Å². The molecule has 3 rings (SSSR count). The van der Waals surface area contributed by atoms with Crippen LogP contribution in [-0.2, 0) is 16.1 Å². The third-order valence-electron chi connectivity index (χ3n) is 5.18. The summed E-state index contributed by atoms with van der Waals surface area (Å²) in [4.78, 5) is 26.1. The number of amides is 2. The fraction of sp³-hybridized carbons (Fsp3) is 0.364. The van der Waals surface area contributed by atoms with Gasteiger partial charge in [-0.3, -0.25) is 9.59 Å². The number of benzene rings is 2. The highest BCUT2D eigenvalue weighted by atomic mass is 35.5. The number of hydrogen-bond acceptors (Lipinski definition) is 4. The van der Waals surface area contributed by atoms with Crippen LogP contribution in [0, 0.1) is 11.6 Å². The van der Waals surface area contributed by atoms with Crippen molar-refractivity contribution in [2.45, 2.75) is 44.4 Å². The summed E-state index contributed by atoms with van der Waals surface area (Å²) in [5, 5.41) is 18.2. The molecule has 1 aliphatic heterocycles. The van der Waals surface area contributed by atoms with Crippen molar-refractivity contribution in [3.63, 3.8) is 0 Å². The normalized spacial score (nSPS) is 19.6. The molecular weight excluding hydrogens is 428 g/mol. The van der Waals surface area contributed by atoms with Crippen LogP contribution in [-0.4, -0.2) is 35.6 Å². The predicted molar refractivity (Wildman–Crippen MR) is 114 cm³/mol. The summed E-state index contributed by atoms with van der Waals surface area (Å²) in [7, 11) is 0. The smallest absolute Gasteiger partial charge is 0.238 e. The Morgan fingerprint density at radius 2 is 2.00 bits per heavy atom. The molecule has 0 aliphatic carbocycles. The van der Waals surface area contributed by atoms with Gasteiger partial charge in [-0.2, -0.15) is 0 Å². The van der Waals surface area contributed by atoms with Crippen molar-refractivity contribution in [1.29, 1.82) is 0 Å². The number of anilines is 1. The first-order valence-corrected chi connectivity index (χ1v) is 10.4. The molecule has 0 radical (unpaired) electrons. The highest BCUT2D eigenvalue weighted by Crippen LogP contribution is 2.30. The Balaban J connectivity index is 1.94. The van der Waals surface area contributed by atoms with Crippen molar-refractivity contribution in [2.24, 2.45) is 0 Å². The molecule has 6 nitrogen and oxygen atoms in total. The van der Waals surface area contributed by atoms with Gasteiger partial charge >= 0.3 is 0 Å². The molecule has 0 spiro atoms. The molecule has 166 valence electrons. The Morgan fingerprint density at radius 1 is 1.29 bits per heavy atom. The summed E-state index contributed by atoms with van der Waals surface area (Å²) in [6.07, 6.45) is 0.565. The average Bonchev–Trinajstić information content (AvgIpc) is 2.72. The van der Waals surface area contributed by atoms with Crippen LogP contribution in [0.5, 0.6) is 0 Å². The zero-order chi connectivity index (χ0) is 22.5. The van der Waals surface area contributed by atoms with Gasteiger partial charge in [-0.25, -0.2) is 8.78 Å². The van der Waals surface area contributed by atoms with E-state index in [1.807, 2.05) is 6.92 Å². The van der Waals surface area contributed by atoms with E-state index >= 15 is 0 Å². The third-order valence-corrected chi connectivity index (χ3v) is 5.47. The van der Waals surface area contributed by atoms with Crippen molar-refractivity contribution in [1.82, 2.24) is 10.6 Å². The number of hydrogen-bond donors (Lipinski definition) is 4. The summed E-state index contributed by atoms with van der Waals surface area (Å²) in [6, 6.07) is 6.77. The van der Waals surface area contributed by atoms with Gasteiger partial charge in [0.25, 0.3) is 0 Å². The minimum Gasteiger partial charge on any atom is -0.391 e. The first kappa shape index (κ1) is 23.1. The minimum absolute atomic E-state index is 0.0312. The maximum Gasteiger partial charge on any atom is 0.238 e. The lowest BCUT2D eigenvalue weighted by molar-refractivity contribution is -0.128. The van der Waals surface area contributed by atoms with E-state index < -0.39 is 41.5 Å². The van der Waals surface area contributed by atoms with E-state index in [9.17, 15) is 23.5 Å². The molecule has 2 amide bonds. The fourth-order valence-corrected chi connectivity index (χ4v) is 3.74. The molecule has 2 aromatic carbocycles. The number of carbonyl (C=O) groups excluding carboxylic acids is 2. The number of halogens is 3. The third kappa shape index (κ3) is 5.58. The lowest BCUT2D eigenvalue weighted by Crippen LogP contribution is -2.52. The SMILES string of the molecule is CCCC(O)CNC(=O)[C@@H]1NCc2cc(F)c(Cl)cc2NC(=O)C1c1ccc(F)cc1. The number of carbonyl (C=O) groups is 2. The molecule has 0 saturated carbocycles. The molecule has 2 unspecified atom stereocenters. The maximum absolute atomic E-state index is 13.9. The van der Waals surface area contributed by atoms with Gasteiger partial charge in [0, 0.05) is 18.8 Å². The van der Waals surface area contributed by atoms with Crippen LogP contribution in [0.25, 0.3) is 0 Å². The van der Waals surface area contributed by atoms with Gasteiger partial charge in [0.1, 0.15) is 17.7 Å². The van der Waals surface area contributed by atoms with Crippen LogP contribution in [0.3, 0.4) is 0 Å². The van der Waals surface area contributed by atoms with Crippen LogP contribution in [0.4, 0.5) is 14.5 Å². The van der Waals surface area contributed by atoms with Crippen LogP contribution >= 0.6 is 11.6 Å². The zero-order valence-electron chi connectivity index (χ0n) is 16.9. The summed E-state index contributed by atoms with van der Waals surface area (Å²) >= 11 is 5.86. The maximum atomic E-state index is 13.9. The van der Waals surface area contributed by atoms with Crippen molar-refractivity contribution < 1.29 is 23.5 Å². The lowest BCUT2D eigenvalue weighted by atomic mass is 9.88. The summed E-state index contributed by atoms with van der Waals surface area (Å²) in [5.41, 5.74) is 1.18. The summed E-state index contributed by atoms with van der Waals surface area (Å²) < 4.78 is 27.4. The highest BCUT2D eigenvalue weighted by molar-refractivity contribution is 6.31. The van der Waals surface area contributed by atoms with Crippen LogP contribution in [0.2, 0.25) is 5.02 Å². The largest absolute Gasteiger partial charge is 0.391 e. The van der Waals surface area contributed by atoms with Crippen molar-refractivity contribution in [2.75, 3.05) is 11.9 Å². The van der Waals surface area contributed by atoms with Gasteiger partial charge in [0.2, 0.25) is 11.8 Å². The van der Waals surface area contributed by atoms with Crippen molar-refractivity contribution in [3.05, 3.63) is 64.2 Å². The summed E-state index contributed by atoms with van der Waals surface area (Å²) in [5.74, 6) is -3.15. The highest BCUT2D eigenvalue weighted by Gasteiger charge is 2.37. The quantitative estimate of drug-likeness (QED) is 0.543. The molecule has 31 heavy (non-hydrogen) atoms. The van der Waals surface area contributed by atoms with Gasteiger partial charge < -0.3 is 21.1 Å². The number of rotatable bonds is 6. The van der Waals surface area contributed by atoms with Crippen molar-refractivity contribution >= 4 is 29.1 Å². The van der Waals surface area contributed by atoms with Crippen molar-refractivity contribution in [3.8, 4) is 0 Å². The monoisotopic (exact) mass is 451 g/mol. The number of aliphatic hydroxyl groups excluding tert-OH is 1.